The van der Waals surface area contributed by atoms with E-state index in [0.29, 0.717) is 31.9 Å². The smallest absolute Gasteiger partial charge is 0.121 e. The van der Waals surface area contributed by atoms with Crippen molar-refractivity contribution in [2.24, 2.45) is 0 Å². The van der Waals surface area contributed by atoms with Crippen molar-refractivity contribution >= 4 is 43.4 Å². The Bertz CT molecular complexity index is 1430. The SMILES string of the molecule is Nc1cc(C(O)CN(CCOc2ccc3c(c2)[nH]c2ccccc23)Cc2ccccc2)ccc1Br. The van der Waals surface area contributed by atoms with Crippen molar-refractivity contribution in [2.75, 3.05) is 25.4 Å². The van der Waals surface area contributed by atoms with Gasteiger partial charge in [0.2, 0.25) is 0 Å². The number of H-pyrrole nitrogens is 1. The van der Waals surface area contributed by atoms with E-state index < -0.39 is 6.10 Å². The molecule has 0 bridgehead atoms. The van der Waals surface area contributed by atoms with Crippen LogP contribution < -0.4 is 10.5 Å². The van der Waals surface area contributed by atoms with E-state index in [0.717, 1.165) is 26.8 Å². The molecule has 1 unspecified atom stereocenters. The van der Waals surface area contributed by atoms with E-state index >= 15 is 0 Å². The molecule has 0 aliphatic rings. The van der Waals surface area contributed by atoms with Crippen LogP contribution in [0.1, 0.15) is 17.2 Å². The standard InChI is InChI=1S/C29H28BrN3O2/c30-25-13-10-21(16-26(25)31)29(34)19-33(18-20-6-2-1-3-7-20)14-15-35-22-11-12-24-23-8-4-5-9-27(23)32-28(24)17-22/h1-13,16-17,29,32,34H,14-15,18-19,31H2. The highest BCUT2D eigenvalue weighted by atomic mass is 79.9. The van der Waals surface area contributed by atoms with E-state index in [2.05, 4.69) is 68.3 Å². The molecule has 0 fully saturated rings. The van der Waals surface area contributed by atoms with Crippen LogP contribution >= 0.6 is 15.9 Å². The zero-order valence-corrected chi connectivity index (χ0v) is 20.9. The van der Waals surface area contributed by atoms with Gasteiger partial charge in [0, 0.05) is 52.1 Å². The van der Waals surface area contributed by atoms with Gasteiger partial charge in [-0.15, -0.1) is 0 Å². The Labute approximate surface area is 213 Å². The number of aliphatic hydroxyl groups is 1. The third-order valence-corrected chi connectivity index (χ3v) is 6.96. The minimum absolute atomic E-state index is 0.473. The normalized spacial score (nSPS) is 12.4. The van der Waals surface area contributed by atoms with Gasteiger partial charge in [-0.1, -0.05) is 54.6 Å². The predicted octanol–water partition coefficient (Wildman–Crippen LogP) is 6.28. The zero-order chi connectivity index (χ0) is 24.2. The van der Waals surface area contributed by atoms with E-state index in [1.807, 2.05) is 48.5 Å². The first-order valence-electron chi connectivity index (χ1n) is 11.7. The topological polar surface area (TPSA) is 74.5 Å². The van der Waals surface area contributed by atoms with Gasteiger partial charge in [0.15, 0.2) is 0 Å². The zero-order valence-electron chi connectivity index (χ0n) is 19.3. The molecule has 0 saturated heterocycles. The number of nitrogens with one attached hydrogen (secondary N) is 1. The number of halogens is 1. The maximum Gasteiger partial charge on any atom is 0.121 e. The van der Waals surface area contributed by atoms with Gasteiger partial charge in [-0.25, -0.2) is 0 Å². The highest BCUT2D eigenvalue weighted by Gasteiger charge is 2.16. The average Bonchev–Trinajstić information content (AvgIpc) is 3.24. The van der Waals surface area contributed by atoms with Crippen LogP contribution in [0.25, 0.3) is 21.8 Å². The number of nitrogen functional groups attached to an aromatic ring is 1. The molecule has 4 aromatic carbocycles. The average molecular weight is 530 g/mol. The Morgan fingerprint density at radius 2 is 1.66 bits per heavy atom. The van der Waals surface area contributed by atoms with Gasteiger partial charge in [-0.2, -0.15) is 0 Å². The van der Waals surface area contributed by atoms with Crippen LogP contribution in [0.5, 0.6) is 5.75 Å². The summed E-state index contributed by atoms with van der Waals surface area (Å²) >= 11 is 3.42. The molecule has 1 aromatic heterocycles. The first-order valence-corrected chi connectivity index (χ1v) is 12.5. The first kappa shape index (κ1) is 23.4. The number of rotatable bonds is 9. The number of fused-ring (bicyclic) bond motifs is 3. The number of para-hydroxylation sites is 1. The Morgan fingerprint density at radius 3 is 2.49 bits per heavy atom. The maximum absolute atomic E-state index is 10.9. The fraction of sp³-hybridized carbons (Fsp3) is 0.172. The van der Waals surface area contributed by atoms with Crippen molar-refractivity contribution in [3.05, 3.63) is 107 Å². The van der Waals surface area contributed by atoms with Crippen molar-refractivity contribution in [3.63, 3.8) is 0 Å². The summed E-state index contributed by atoms with van der Waals surface area (Å²) < 4.78 is 6.96. The van der Waals surface area contributed by atoms with E-state index in [1.165, 1.54) is 16.3 Å². The minimum Gasteiger partial charge on any atom is -0.492 e. The first-order chi connectivity index (χ1) is 17.1. The van der Waals surface area contributed by atoms with Crippen LogP contribution in [-0.2, 0) is 6.54 Å². The van der Waals surface area contributed by atoms with Gasteiger partial charge in [0.05, 0.1) is 11.6 Å². The largest absolute Gasteiger partial charge is 0.492 e. The second kappa shape index (κ2) is 10.5. The lowest BCUT2D eigenvalue weighted by atomic mass is 10.1. The van der Waals surface area contributed by atoms with Gasteiger partial charge in [-0.3, -0.25) is 4.90 Å². The lowest BCUT2D eigenvalue weighted by Gasteiger charge is -2.25. The fourth-order valence-corrected chi connectivity index (χ4v) is 4.66. The molecule has 5 aromatic rings. The van der Waals surface area contributed by atoms with Crippen LogP contribution in [-0.4, -0.2) is 34.7 Å². The number of hydrogen-bond donors (Lipinski definition) is 3. The Hall–Kier alpha value is -3.32. The lowest BCUT2D eigenvalue weighted by Crippen LogP contribution is -2.32. The molecule has 0 amide bonds. The van der Waals surface area contributed by atoms with Crippen molar-refractivity contribution < 1.29 is 9.84 Å². The summed E-state index contributed by atoms with van der Waals surface area (Å²) in [6.45, 7) is 2.37. The summed E-state index contributed by atoms with van der Waals surface area (Å²) in [5, 5.41) is 13.3. The van der Waals surface area contributed by atoms with Crippen molar-refractivity contribution in [1.29, 1.82) is 0 Å². The molecule has 0 aliphatic heterocycles. The van der Waals surface area contributed by atoms with Crippen molar-refractivity contribution in [2.45, 2.75) is 12.6 Å². The Kier molecular flexibility index (Phi) is 7.04. The summed E-state index contributed by atoms with van der Waals surface area (Å²) in [4.78, 5) is 5.67. The number of aliphatic hydroxyl groups excluding tert-OH is 1. The number of anilines is 1. The van der Waals surface area contributed by atoms with Crippen LogP contribution in [0.2, 0.25) is 0 Å². The summed E-state index contributed by atoms with van der Waals surface area (Å²) in [6, 6.07) is 30.3. The quantitative estimate of drug-likeness (QED) is 0.196. The second-order valence-corrected chi connectivity index (χ2v) is 9.60. The third kappa shape index (κ3) is 5.51. The minimum atomic E-state index is -0.656. The number of aromatic nitrogens is 1. The number of hydrogen-bond acceptors (Lipinski definition) is 4. The molecule has 4 N–H and O–H groups in total. The molecule has 5 rings (SSSR count). The molecule has 0 spiro atoms. The van der Waals surface area contributed by atoms with Gasteiger partial charge >= 0.3 is 0 Å². The monoisotopic (exact) mass is 529 g/mol. The summed E-state index contributed by atoms with van der Waals surface area (Å²) in [5.74, 6) is 0.824. The molecule has 35 heavy (non-hydrogen) atoms. The number of benzene rings is 4. The van der Waals surface area contributed by atoms with Gasteiger partial charge in [0.1, 0.15) is 12.4 Å². The van der Waals surface area contributed by atoms with Crippen LogP contribution in [0.15, 0.2) is 95.5 Å². The molecule has 1 heterocycles. The van der Waals surface area contributed by atoms with E-state index in [4.69, 9.17) is 10.5 Å². The molecule has 0 saturated carbocycles. The van der Waals surface area contributed by atoms with Crippen LogP contribution in [0.3, 0.4) is 0 Å². The van der Waals surface area contributed by atoms with Crippen LogP contribution in [0.4, 0.5) is 5.69 Å². The number of ether oxygens (including phenoxy) is 1. The molecule has 0 aliphatic carbocycles. The molecule has 178 valence electrons. The Morgan fingerprint density at radius 1 is 0.886 bits per heavy atom. The van der Waals surface area contributed by atoms with Gasteiger partial charge < -0.3 is 20.6 Å². The highest BCUT2D eigenvalue weighted by molar-refractivity contribution is 9.10. The Balaban J connectivity index is 1.27. The molecular weight excluding hydrogens is 502 g/mol. The van der Waals surface area contributed by atoms with Crippen molar-refractivity contribution in [3.8, 4) is 5.75 Å². The van der Waals surface area contributed by atoms with E-state index in [9.17, 15) is 5.11 Å². The lowest BCUT2D eigenvalue weighted by molar-refractivity contribution is 0.0986. The second-order valence-electron chi connectivity index (χ2n) is 8.74. The molecule has 0 radical (unpaired) electrons. The maximum atomic E-state index is 10.9. The van der Waals surface area contributed by atoms with Crippen molar-refractivity contribution in [1.82, 2.24) is 9.88 Å². The number of nitrogens with zero attached hydrogens (tertiary/aromatic N) is 1. The third-order valence-electron chi connectivity index (χ3n) is 6.24. The van der Waals surface area contributed by atoms with Crippen LogP contribution in [0, 0.1) is 0 Å². The summed E-state index contributed by atoms with van der Waals surface area (Å²) in [6.07, 6.45) is -0.656. The fourth-order valence-electron chi connectivity index (χ4n) is 4.41. The number of aromatic amines is 1. The molecular formula is C29H28BrN3O2. The van der Waals surface area contributed by atoms with E-state index in [1.54, 1.807) is 0 Å². The van der Waals surface area contributed by atoms with E-state index in [-0.39, 0.29) is 0 Å². The highest BCUT2D eigenvalue weighted by Crippen LogP contribution is 2.28. The van der Waals surface area contributed by atoms with Gasteiger partial charge in [0.25, 0.3) is 0 Å². The predicted molar refractivity (Wildman–Crippen MR) is 147 cm³/mol. The molecule has 1 atom stereocenters. The molecule has 6 heteroatoms. The van der Waals surface area contributed by atoms with Gasteiger partial charge in [-0.05, 0) is 57.4 Å². The molecule has 5 nitrogen and oxygen atoms in total. The summed E-state index contributed by atoms with van der Waals surface area (Å²) in [5.41, 5.74) is 10.8. The number of nitrogens with two attached hydrogens (primary N) is 1. The summed E-state index contributed by atoms with van der Waals surface area (Å²) in [7, 11) is 0.